The predicted molar refractivity (Wildman–Crippen MR) is 108 cm³/mol. The highest BCUT2D eigenvalue weighted by Gasteiger charge is 2.44. The van der Waals surface area contributed by atoms with Gasteiger partial charge in [0, 0.05) is 31.9 Å². The zero-order valence-electron chi connectivity index (χ0n) is 17.5. The third kappa shape index (κ3) is 4.37. The van der Waals surface area contributed by atoms with Gasteiger partial charge >= 0.3 is 12.2 Å². The lowest BCUT2D eigenvalue weighted by Crippen LogP contribution is -2.36. The maximum Gasteiger partial charge on any atom is 0.416 e. The van der Waals surface area contributed by atoms with Gasteiger partial charge in [-0.3, -0.25) is 9.69 Å². The van der Waals surface area contributed by atoms with Crippen molar-refractivity contribution in [3.8, 4) is 0 Å². The van der Waals surface area contributed by atoms with Gasteiger partial charge in [0.05, 0.1) is 17.3 Å². The summed E-state index contributed by atoms with van der Waals surface area (Å²) in [5, 5.41) is 4.00. The molecule has 0 spiro atoms. The Kier molecular flexibility index (Phi) is 5.63. The maximum absolute atomic E-state index is 13.3. The highest BCUT2D eigenvalue weighted by molar-refractivity contribution is 5.94. The molecule has 1 aliphatic carbocycles. The Bertz CT molecular complexity index is 973. The molecule has 1 unspecified atom stereocenters. The van der Waals surface area contributed by atoms with E-state index >= 15 is 0 Å². The smallest absolute Gasteiger partial charge is 0.322 e. The van der Waals surface area contributed by atoms with Crippen LogP contribution in [0.5, 0.6) is 0 Å². The molecule has 0 radical (unpaired) electrons. The Labute approximate surface area is 178 Å². The molecule has 1 aromatic heterocycles. The van der Waals surface area contributed by atoms with Crippen molar-refractivity contribution in [3.05, 3.63) is 53.3 Å². The van der Waals surface area contributed by atoms with Crippen LogP contribution in [-0.2, 0) is 12.7 Å². The lowest BCUT2D eigenvalue weighted by atomic mass is 10.0. The molecule has 2 fully saturated rings. The van der Waals surface area contributed by atoms with Gasteiger partial charge in [0.2, 0.25) is 0 Å². The van der Waals surface area contributed by atoms with Crippen LogP contribution in [0.1, 0.15) is 41.3 Å². The molecule has 1 saturated carbocycles. The second-order valence-corrected chi connectivity index (χ2v) is 8.63. The summed E-state index contributed by atoms with van der Waals surface area (Å²) in [5.41, 5.74) is 0.0980. The first-order valence-corrected chi connectivity index (χ1v) is 10.3. The van der Waals surface area contributed by atoms with Crippen LogP contribution in [0.25, 0.3) is 0 Å². The SMILES string of the molecule is CC(=O)c1cnn(C(=O)N2C[C@H]3CC(N(C)Cc4ccccc4C(F)(F)F)C[C@H]3C2)c1. The van der Waals surface area contributed by atoms with Crippen LogP contribution < -0.4 is 0 Å². The molecule has 0 bridgehead atoms. The van der Waals surface area contributed by atoms with Crippen LogP contribution in [0.15, 0.2) is 36.7 Å². The molecule has 9 heteroatoms. The summed E-state index contributed by atoms with van der Waals surface area (Å²) in [4.78, 5) is 27.9. The minimum Gasteiger partial charge on any atom is -0.322 e. The van der Waals surface area contributed by atoms with Crippen molar-refractivity contribution in [1.29, 1.82) is 0 Å². The van der Waals surface area contributed by atoms with E-state index < -0.39 is 11.7 Å². The monoisotopic (exact) mass is 434 g/mol. The maximum atomic E-state index is 13.3. The lowest BCUT2D eigenvalue weighted by Gasteiger charge is -2.27. The average molecular weight is 434 g/mol. The van der Waals surface area contributed by atoms with Gasteiger partial charge < -0.3 is 4.90 Å². The molecule has 0 N–H and O–H groups in total. The first-order valence-electron chi connectivity index (χ1n) is 10.3. The molecule has 1 amide bonds. The number of alkyl halides is 3. The van der Waals surface area contributed by atoms with Crippen LogP contribution >= 0.6 is 0 Å². The molecule has 166 valence electrons. The van der Waals surface area contributed by atoms with E-state index in [1.807, 2.05) is 11.9 Å². The van der Waals surface area contributed by atoms with Crippen molar-refractivity contribution in [1.82, 2.24) is 19.6 Å². The molecule has 2 heterocycles. The molecule has 1 aliphatic heterocycles. The van der Waals surface area contributed by atoms with E-state index in [0.29, 0.717) is 30.5 Å². The first kappa shape index (κ1) is 21.5. The van der Waals surface area contributed by atoms with Crippen molar-refractivity contribution in [2.45, 2.75) is 38.5 Å². The molecule has 31 heavy (non-hydrogen) atoms. The number of fused-ring (bicyclic) bond motifs is 1. The number of nitrogens with zero attached hydrogens (tertiary/aromatic N) is 4. The first-order chi connectivity index (χ1) is 14.6. The number of ketones is 1. The van der Waals surface area contributed by atoms with Crippen LogP contribution in [0.4, 0.5) is 18.0 Å². The highest BCUT2D eigenvalue weighted by atomic mass is 19.4. The van der Waals surface area contributed by atoms with Gasteiger partial charge in [-0.25, -0.2) is 4.79 Å². The summed E-state index contributed by atoms with van der Waals surface area (Å²) >= 11 is 0. The molecule has 1 aromatic carbocycles. The molecule has 6 nitrogen and oxygen atoms in total. The van der Waals surface area contributed by atoms with Crippen molar-refractivity contribution in [2.75, 3.05) is 20.1 Å². The normalized spacial score (nSPS) is 23.4. The molecule has 2 aliphatic rings. The van der Waals surface area contributed by atoms with Gasteiger partial charge in [0.25, 0.3) is 0 Å². The second kappa shape index (κ2) is 8.11. The zero-order chi connectivity index (χ0) is 22.3. The van der Waals surface area contributed by atoms with E-state index in [2.05, 4.69) is 5.10 Å². The van der Waals surface area contributed by atoms with E-state index in [1.165, 1.54) is 36.1 Å². The topological polar surface area (TPSA) is 58.4 Å². The van der Waals surface area contributed by atoms with Gasteiger partial charge in [-0.2, -0.15) is 23.0 Å². The summed E-state index contributed by atoms with van der Waals surface area (Å²) in [6.07, 6.45) is 0.168. The van der Waals surface area contributed by atoms with Crippen molar-refractivity contribution < 1.29 is 22.8 Å². The van der Waals surface area contributed by atoms with Crippen molar-refractivity contribution >= 4 is 11.8 Å². The van der Waals surface area contributed by atoms with Crippen molar-refractivity contribution in [2.24, 2.45) is 11.8 Å². The van der Waals surface area contributed by atoms with Gasteiger partial charge in [-0.05, 0) is 50.3 Å². The zero-order valence-corrected chi connectivity index (χ0v) is 17.5. The van der Waals surface area contributed by atoms with E-state index in [0.717, 1.165) is 18.9 Å². The lowest BCUT2D eigenvalue weighted by molar-refractivity contribution is -0.138. The largest absolute Gasteiger partial charge is 0.416 e. The number of hydrogen-bond acceptors (Lipinski definition) is 4. The predicted octanol–water partition coefficient (Wildman–Crippen LogP) is 3.92. The Balaban J connectivity index is 1.36. The fourth-order valence-electron chi connectivity index (χ4n) is 4.87. The van der Waals surface area contributed by atoms with Gasteiger partial charge in [0.1, 0.15) is 0 Å². The van der Waals surface area contributed by atoms with Gasteiger partial charge in [-0.1, -0.05) is 18.2 Å². The Morgan fingerprint density at radius 1 is 1.16 bits per heavy atom. The minimum absolute atomic E-state index is 0.143. The third-order valence-electron chi connectivity index (χ3n) is 6.55. The summed E-state index contributed by atoms with van der Waals surface area (Å²) in [5.74, 6) is 0.490. The average Bonchev–Trinajstić information content (AvgIpc) is 3.41. The van der Waals surface area contributed by atoms with Gasteiger partial charge in [0.15, 0.2) is 5.78 Å². The van der Waals surface area contributed by atoms with E-state index in [1.54, 1.807) is 11.0 Å². The van der Waals surface area contributed by atoms with E-state index in [4.69, 9.17) is 0 Å². The summed E-state index contributed by atoms with van der Waals surface area (Å²) in [6, 6.07) is 5.65. The Morgan fingerprint density at radius 2 is 1.81 bits per heavy atom. The second-order valence-electron chi connectivity index (χ2n) is 8.63. The fraction of sp³-hybridized carbons (Fsp3) is 0.500. The number of likely N-dealkylation sites (tertiary alicyclic amines) is 1. The standard InChI is InChI=1S/C22H25F3N4O2/c1-14(30)18-9-26-29(13-18)21(31)28-11-16-7-19(8-17(16)12-28)27(2)10-15-5-3-4-6-20(15)22(23,24)25/h3-6,9,13,16-17,19H,7-8,10-12H2,1-2H3/t16-,17+,19?. The van der Waals surface area contributed by atoms with E-state index in [-0.39, 0.29) is 30.0 Å². The van der Waals surface area contributed by atoms with Crippen LogP contribution in [0.3, 0.4) is 0 Å². The van der Waals surface area contributed by atoms with Crippen LogP contribution in [0, 0.1) is 11.8 Å². The van der Waals surface area contributed by atoms with E-state index in [9.17, 15) is 22.8 Å². The van der Waals surface area contributed by atoms with Crippen LogP contribution in [0.2, 0.25) is 0 Å². The quantitative estimate of drug-likeness (QED) is 0.685. The number of Topliss-reactive ketones (excluding diaryl/α,β-unsaturated/α-hetero) is 1. The molecule has 3 atom stereocenters. The number of halogens is 3. The van der Waals surface area contributed by atoms with Crippen LogP contribution in [-0.4, -0.2) is 57.6 Å². The highest BCUT2D eigenvalue weighted by Crippen LogP contribution is 2.41. The number of carbonyl (C=O) groups excluding carboxylic acids is 2. The summed E-state index contributed by atoms with van der Waals surface area (Å²) < 4.78 is 41.1. The Hall–Kier alpha value is -2.68. The number of rotatable bonds is 4. The third-order valence-corrected chi connectivity index (χ3v) is 6.55. The number of benzene rings is 1. The summed E-state index contributed by atoms with van der Waals surface area (Å²) in [6.45, 7) is 2.86. The number of carbonyl (C=O) groups is 2. The fourth-order valence-corrected chi connectivity index (χ4v) is 4.87. The molecule has 2 aromatic rings. The molecular formula is C22H25F3N4O2. The van der Waals surface area contributed by atoms with Gasteiger partial charge in [-0.15, -0.1) is 0 Å². The molecule has 1 saturated heterocycles. The number of hydrogen-bond donors (Lipinski definition) is 0. The minimum atomic E-state index is -4.36. The number of aromatic nitrogens is 2. The number of amides is 1. The molecular weight excluding hydrogens is 409 g/mol. The van der Waals surface area contributed by atoms with Crippen molar-refractivity contribution in [3.63, 3.8) is 0 Å². The summed E-state index contributed by atoms with van der Waals surface area (Å²) in [7, 11) is 1.87. The Morgan fingerprint density at radius 3 is 2.39 bits per heavy atom. The molecule has 4 rings (SSSR count).